The number of aromatic amines is 2. The number of aryl methyl sites for hydroxylation is 2. The summed E-state index contributed by atoms with van der Waals surface area (Å²) in [4.78, 5) is 201. The van der Waals surface area contributed by atoms with E-state index in [1.54, 1.807) is 48.7 Å². The van der Waals surface area contributed by atoms with Crippen LogP contribution < -0.4 is 53.6 Å². The van der Waals surface area contributed by atoms with Crippen molar-refractivity contribution in [1.82, 2.24) is 77.7 Å². The van der Waals surface area contributed by atoms with E-state index in [1.165, 1.54) is 74.4 Å². The van der Waals surface area contributed by atoms with Crippen molar-refractivity contribution in [3.05, 3.63) is 180 Å². The summed E-state index contributed by atoms with van der Waals surface area (Å²) in [5.41, 5.74) is 8.16. The second-order valence-corrected chi connectivity index (χ2v) is 28.8. The number of primary amides is 1. The van der Waals surface area contributed by atoms with Gasteiger partial charge in [-0.15, -0.1) is 0 Å². The maximum Gasteiger partial charge on any atom is 0.305 e. The maximum atomic E-state index is 15.7. The molecule has 1 fully saturated rings. The van der Waals surface area contributed by atoms with Gasteiger partial charge in [-0.05, 0) is 135 Å². The number of benzene rings is 4. The Kier molecular flexibility index (Phi) is 31.2. The van der Waals surface area contributed by atoms with E-state index in [9.17, 15) is 87.9 Å². The lowest BCUT2D eigenvalue weighted by Crippen LogP contribution is -2.67. The Morgan fingerprint density at radius 3 is 1.86 bits per heavy atom. The van der Waals surface area contributed by atoms with Crippen LogP contribution in [0.15, 0.2) is 135 Å². The van der Waals surface area contributed by atoms with Gasteiger partial charge in [-0.2, -0.15) is 0 Å². The minimum absolute atomic E-state index is 0.0598. The number of carbonyl (C=O) groups is 13. The zero-order chi connectivity index (χ0) is 84.7. The first-order valence-electron chi connectivity index (χ1n) is 37.4. The zero-order valence-electron chi connectivity index (χ0n) is 64.9. The zero-order valence-corrected chi connectivity index (χ0v) is 64.9. The van der Waals surface area contributed by atoms with Gasteiger partial charge in [0.1, 0.15) is 71.0 Å². The average Bonchev–Trinajstić information content (AvgIpc) is 1.56. The molecule has 0 saturated carbocycles. The van der Waals surface area contributed by atoms with Gasteiger partial charge < -0.3 is 98.7 Å². The van der Waals surface area contributed by atoms with Crippen LogP contribution in [-0.2, 0) is 106 Å². The summed E-state index contributed by atoms with van der Waals surface area (Å²) in [6.45, 7) is 7.60. The molecule has 18 N–H and O–H groups in total. The van der Waals surface area contributed by atoms with Gasteiger partial charge >= 0.3 is 11.9 Å². The maximum absolute atomic E-state index is 15.7. The molecule has 7 aromatic rings. The number of phenols is 1. The number of H-pyrrole nitrogens is 2. The number of nitrogens with two attached hydrogens (primary N) is 1. The van der Waals surface area contributed by atoms with Crippen molar-refractivity contribution in [2.24, 2.45) is 5.73 Å². The van der Waals surface area contributed by atoms with Crippen molar-refractivity contribution in [3.63, 3.8) is 0 Å². The van der Waals surface area contributed by atoms with Gasteiger partial charge in [-0.25, -0.2) is 14.4 Å². The number of aliphatic carboxylic acids is 2. The number of carbonyl (C=O) groups excluding carboxylic acids is 11. The SMILES string of the molecule is CCc1cc(O)ccc1-c1ccc(C[C@H](NC(=O)[C@H](CC(=O)O)NC(=O)[C@H](Cc2cnc[nH]2)NC(=O)[C@@H](NC(=O)[C@@](C)(Cc2ccccc2F)NC(=O)[C@@H](NC(=O)CNC(=O)[C@H](CCC(=O)O)NC(=O)[C@]2(C)CCCN2C(=O)[C@@H](Cc2cnc[nH]2)OC)[C@@H](C)O)[C@@H](C)O)C(=O)N[C@@H](Cc2cnccc2-c2ccccc2C)C(N)=O)cc1. The number of nitrogens with zero attached hydrogens (tertiary/aromatic N) is 4. The Hall–Kier alpha value is -12.8. The Bertz CT molecular complexity index is 4680. The lowest BCUT2D eigenvalue weighted by molar-refractivity contribution is -0.152. The number of carboxylic acid groups (broad SMARTS) is 2. The highest BCUT2D eigenvalue weighted by Crippen LogP contribution is 2.33. The third-order valence-corrected chi connectivity index (χ3v) is 20.0. The molecule has 35 nitrogen and oxygen atoms in total. The number of phenolic OH excluding ortho intramolecular Hbond substituents is 1. The highest BCUT2D eigenvalue weighted by molar-refractivity contribution is 6.01. The molecule has 1 saturated heterocycles. The summed E-state index contributed by atoms with van der Waals surface area (Å²) in [5.74, 6) is -15.9. The molecule has 116 heavy (non-hydrogen) atoms. The van der Waals surface area contributed by atoms with E-state index in [-0.39, 0.29) is 49.2 Å². The van der Waals surface area contributed by atoms with Gasteiger partial charge in [-0.1, -0.05) is 79.7 Å². The molecular weight excluding hydrogens is 1510 g/mol. The molecule has 0 unspecified atom stereocenters. The fourth-order valence-electron chi connectivity index (χ4n) is 13.5. The summed E-state index contributed by atoms with van der Waals surface area (Å²) in [6.07, 6.45) is 0.788. The molecule has 0 bridgehead atoms. The number of pyridine rings is 1. The van der Waals surface area contributed by atoms with Crippen LogP contribution in [0.1, 0.15) is 106 Å². The van der Waals surface area contributed by atoms with Gasteiger partial charge in [0.25, 0.3) is 5.91 Å². The molecule has 12 atom stereocenters. The standard InChI is InChI=1S/C80H97FN16O19/c1-8-47-31-53(100)22-23-55(47)48-20-18-46(19-21-48)30-60(71(108)89-59(69(82)106)32-50-37-83-28-26-56(50)54-16-11-9-14-43(54)2)90-73(110)62(35-66(104)105)91-72(109)61(33-51-38-84-41-87-51)92-74(111)67(44(3)98)95-77(114)79(5,36-49-15-10-12-17-57(49)81)96-75(112)68(45(4)99)94-64(101)40-86-70(107)58(24-25-65(102)103)93-78(115)80(6)27-13-29-97(80)76(113)63(116-7)34-52-39-85-42-88-52/h9-12,14-23,26,28,31,37-39,41-42,44-45,58-63,67-68,98-100H,8,13,24-25,27,29-30,32-36,40H2,1-7H3,(H2,82,106)(H,84,87)(H,85,88)(H,86,107)(H,89,108)(H,90,110)(H,91,109)(H,92,111)(H,93,115)(H,94,101)(H,95,114)(H,96,112)(H,102,103)(H,104,105)/t44-,45-,58+,59+,60+,61+,62+,63-,67+,68+,79-,80+/m1/s1. The molecule has 0 radical (unpaired) electrons. The number of hydrogen-bond donors (Lipinski definition) is 17. The quantitative estimate of drug-likeness (QED) is 0.0247. The first-order valence-corrected chi connectivity index (χ1v) is 37.4. The molecule has 1 aliphatic heterocycles. The van der Waals surface area contributed by atoms with E-state index in [1.807, 2.05) is 38.1 Å². The second kappa shape index (κ2) is 40.8. The van der Waals surface area contributed by atoms with E-state index in [0.717, 1.165) is 54.7 Å². The number of methoxy groups -OCH3 is 1. The van der Waals surface area contributed by atoms with E-state index >= 15 is 4.39 Å². The highest BCUT2D eigenvalue weighted by atomic mass is 19.1. The van der Waals surface area contributed by atoms with Crippen LogP contribution in [0.4, 0.5) is 4.39 Å². The topological polar surface area (TPSA) is 540 Å². The minimum Gasteiger partial charge on any atom is -0.508 e. The number of ether oxygens (including phenoxy) is 1. The first-order chi connectivity index (χ1) is 55.1. The van der Waals surface area contributed by atoms with E-state index < -0.39 is 193 Å². The van der Waals surface area contributed by atoms with Crippen molar-refractivity contribution >= 4 is 76.9 Å². The molecule has 618 valence electrons. The number of aliphatic hydroxyl groups excluding tert-OH is 2. The Labute approximate surface area is 666 Å². The average molecular weight is 1610 g/mol. The Morgan fingerprint density at radius 1 is 0.638 bits per heavy atom. The van der Waals surface area contributed by atoms with Crippen LogP contribution in [0.5, 0.6) is 5.75 Å². The molecule has 3 aromatic heterocycles. The molecule has 0 spiro atoms. The molecular formula is C80H97FN16O19. The summed E-state index contributed by atoms with van der Waals surface area (Å²) in [5, 5.41) is 74.2. The number of likely N-dealkylation sites (tertiary alicyclic amines) is 1. The Balaban J connectivity index is 0.994. The lowest BCUT2D eigenvalue weighted by Gasteiger charge is -2.36. The number of halogens is 1. The number of amides is 11. The third kappa shape index (κ3) is 23.9. The predicted molar refractivity (Wildman–Crippen MR) is 414 cm³/mol. The van der Waals surface area contributed by atoms with Gasteiger partial charge in [0.05, 0.1) is 37.8 Å². The van der Waals surface area contributed by atoms with E-state index in [2.05, 4.69) is 72.8 Å². The van der Waals surface area contributed by atoms with E-state index in [4.69, 9.17) is 10.5 Å². The molecule has 4 aromatic carbocycles. The lowest BCUT2D eigenvalue weighted by atomic mass is 9.90. The number of aromatic hydroxyl groups is 1. The van der Waals surface area contributed by atoms with Gasteiger partial charge in [0.15, 0.2) is 0 Å². The van der Waals surface area contributed by atoms with Crippen LogP contribution in [-0.4, -0.2) is 224 Å². The van der Waals surface area contributed by atoms with Crippen LogP contribution in [0.3, 0.4) is 0 Å². The van der Waals surface area contributed by atoms with Crippen LogP contribution in [0.2, 0.25) is 0 Å². The predicted octanol–water partition coefficient (Wildman–Crippen LogP) is 0.458. The van der Waals surface area contributed by atoms with Crippen molar-refractivity contribution in [1.29, 1.82) is 0 Å². The van der Waals surface area contributed by atoms with Gasteiger partial charge in [0.2, 0.25) is 59.1 Å². The summed E-state index contributed by atoms with van der Waals surface area (Å²) < 4.78 is 21.2. The fraction of sp³-hybridized carbons (Fsp3) is 0.400. The minimum atomic E-state index is -2.42. The largest absolute Gasteiger partial charge is 0.508 e. The second-order valence-electron chi connectivity index (χ2n) is 28.8. The van der Waals surface area contributed by atoms with Crippen LogP contribution >= 0.6 is 0 Å². The van der Waals surface area contributed by atoms with Crippen molar-refractivity contribution < 1.29 is 97.0 Å². The highest BCUT2D eigenvalue weighted by Gasteiger charge is 2.49. The summed E-state index contributed by atoms with van der Waals surface area (Å²) >= 11 is 0. The molecule has 36 heteroatoms. The molecule has 0 aliphatic carbocycles. The van der Waals surface area contributed by atoms with Crippen LogP contribution in [0.25, 0.3) is 22.3 Å². The number of imidazole rings is 2. The normalized spacial score (nSPS) is 16.3. The Morgan fingerprint density at radius 2 is 1.25 bits per heavy atom. The molecule has 1 aliphatic rings. The smallest absolute Gasteiger partial charge is 0.305 e. The van der Waals surface area contributed by atoms with Crippen molar-refractivity contribution in [2.45, 2.75) is 184 Å². The number of rotatable bonds is 41. The van der Waals surface area contributed by atoms with Gasteiger partial charge in [0, 0.05) is 88.4 Å². The first kappa shape index (κ1) is 88.7. The molecule has 4 heterocycles. The van der Waals surface area contributed by atoms with Crippen LogP contribution in [0, 0.1) is 12.7 Å². The van der Waals surface area contributed by atoms with Crippen molar-refractivity contribution in [2.75, 3.05) is 20.2 Å². The van der Waals surface area contributed by atoms with Crippen molar-refractivity contribution in [3.8, 4) is 28.0 Å². The number of nitrogens with one attached hydrogen (secondary N) is 11. The third-order valence-electron chi connectivity index (χ3n) is 20.0. The molecule has 8 rings (SSSR count). The summed E-state index contributed by atoms with van der Waals surface area (Å²) in [6, 6.07) is 13.1. The number of hydrogen-bond acceptors (Lipinski definition) is 20. The molecule has 11 amide bonds. The number of carboxylic acids is 2. The number of aliphatic hydroxyl groups is 2. The monoisotopic (exact) mass is 1600 g/mol. The number of aromatic nitrogens is 5. The van der Waals surface area contributed by atoms with E-state index in [0.29, 0.717) is 35.2 Å². The van der Waals surface area contributed by atoms with Gasteiger partial charge in [-0.3, -0.25) is 67.3 Å². The summed E-state index contributed by atoms with van der Waals surface area (Å²) in [7, 11) is 1.32. The fourth-order valence-corrected chi connectivity index (χ4v) is 13.5.